The van der Waals surface area contributed by atoms with Crippen LogP contribution in [0.5, 0.6) is 0 Å². The molecule has 128 valence electrons. The molecule has 1 amide bonds. The van der Waals surface area contributed by atoms with E-state index in [1.807, 2.05) is 39.8 Å². The Morgan fingerprint density at radius 2 is 2.20 bits per heavy atom. The van der Waals surface area contributed by atoms with Gasteiger partial charge in [-0.3, -0.25) is 9.20 Å². The van der Waals surface area contributed by atoms with Crippen molar-refractivity contribution in [2.75, 3.05) is 0 Å². The molecule has 0 bridgehead atoms. The van der Waals surface area contributed by atoms with Crippen LogP contribution in [-0.4, -0.2) is 30.1 Å². The monoisotopic (exact) mass is 354 g/mol. The van der Waals surface area contributed by atoms with Gasteiger partial charge in [0.2, 0.25) is 0 Å². The summed E-state index contributed by atoms with van der Waals surface area (Å²) in [5, 5.41) is 10.1. The molecule has 4 heterocycles. The number of hydrogen-bond donors (Lipinski definition) is 1. The third-order valence-electron chi connectivity index (χ3n) is 4.07. The fraction of sp³-hybridized carbons (Fsp3) is 0.294. The maximum atomic E-state index is 12.6. The maximum absolute atomic E-state index is 12.6. The number of carbonyl (C=O) groups is 1. The number of hydrogen-bond acceptors (Lipinski definition) is 5. The zero-order chi connectivity index (χ0) is 17.6. The lowest BCUT2D eigenvalue weighted by Crippen LogP contribution is -2.24. The molecular weight excluding hydrogens is 336 g/mol. The van der Waals surface area contributed by atoms with Crippen molar-refractivity contribution in [2.45, 2.75) is 33.4 Å². The molecule has 7 nitrogen and oxygen atoms in total. The Bertz CT molecular complexity index is 1050. The average Bonchev–Trinajstić information content (AvgIpc) is 3.25. The quantitative estimate of drug-likeness (QED) is 0.611. The first-order valence-corrected chi connectivity index (χ1v) is 8.95. The molecule has 1 N–H and O–H groups in total. The molecule has 0 aromatic carbocycles. The van der Waals surface area contributed by atoms with Gasteiger partial charge < -0.3 is 5.32 Å². The number of aromatic nitrogens is 5. The average molecular weight is 354 g/mol. The van der Waals surface area contributed by atoms with Crippen molar-refractivity contribution in [3.63, 3.8) is 0 Å². The lowest BCUT2D eigenvalue weighted by atomic mass is 10.1. The van der Waals surface area contributed by atoms with Crippen LogP contribution in [0.1, 0.15) is 41.6 Å². The van der Waals surface area contributed by atoms with E-state index in [4.69, 9.17) is 0 Å². The molecule has 4 rings (SSSR count). The minimum atomic E-state index is -0.152. The Hall–Kier alpha value is -2.74. The molecule has 0 aliphatic carbocycles. The van der Waals surface area contributed by atoms with Gasteiger partial charge in [0.1, 0.15) is 0 Å². The molecule has 0 unspecified atom stereocenters. The van der Waals surface area contributed by atoms with Gasteiger partial charge in [0, 0.05) is 29.2 Å². The van der Waals surface area contributed by atoms with Crippen LogP contribution in [-0.2, 0) is 6.54 Å². The highest BCUT2D eigenvalue weighted by Crippen LogP contribution is 2.19. The number of imidazole rings is 1. The van der Waals surface area contributed by atoms with Gasteiger partial charge in [-0.25, -0.2) is 14.6 Å². The number of fused-ring (bicyclic) bond motifs is 2. The second-order valence-corrected chi connectivity index (χ2v) is 7.10. The zero-order valence-corrected chi connectivity index (χ0v) is 15.0. The van der Waals surface area contributed by atoms with Gasteiger partial charge >= 0.3 is 0 Å². The van der Waals surface area contributed by atoms with Crippen molar-refractivity contribution in [1.29, 1.82) is 0 Å². The Balaban J connectivity index is 1.56. The first-order valence-electron chi connectivity index (χ1n) is 8.07. The van der Waals surface area contributed by atoms with Gasteiger partial charge in [-0.2, -0.15) is 5.10 Å². The zero-order valence-electron chi connectivity index (χ0n) is 14.2. The van der Waals surface area contributed by atoms with E-state index in [-0.39, 0.29) is 11.9 Å². The molecule has 0 radical (unpaired) electrons. The third-order valence-corrected chi connectivity index (χ3v) is 4.84. The highest BCUT2D eigenvalue weighted by molar-refractivity contribution is 7.15. The lowest BCUT2D eigenvalue weighted by molar-refractivity contribution is 0.0949. The van der Waals surface area contributed by atoms with Crippen LogP contribution in [0, 0.1) is 6.92 Å². The number of aryl methyl sites for hydroxylation is 1. The summed E-state index contributed by atoms with van der Waals surface area (Å²) < 4.78 is 3.81. The molecular formula is C17H18N6OS. The molecule has 0 aliphatic rings. The molecule has 25 heavy (non-hydrogen) atoms. The van der Waals surface area contributed by atoms with Gasteiger partial charge in [0.15, 0.2) is 10.6 Å². The smallest absolute Gasteiger partial charge is 0.253 e. The standard InChI is InChI=1S/C17H18N6OS/c1-10(2)23-15-12(7-19-23)6-14(11(3)20-15)16(24)18-8-13-9-22-4-5-25-17(22)21-13/h4-7,9-10H,8H2,1-3H3,(H,18,24). The number of carbonyl (C=O) groups excluding carboxylic acids is 1. The normalized spacial score (nSPS) is 11.7. The highest BCUT2D eigenvalue weighted by Gasteiger charge is 2.15. The Morgan fingerprint density at radius 3 is 2.96 bits per heavy atom. The largest absolute Gasteiger partial charge is 0.346 e. The van der Waals surface area contributed by atoms with E-state index in [1.165, 1.54) is 0 Å². The SMILES string of the molecule is Cc1nc2c(cnn2C(C)C)cc1C(=O)NCc1cn2ccsc2n1. The van der Waals surface area contributed by atoms with E-state index >= 15 is 0 Å². The van der Waals surface area contributed by atoms with Crippen molar-refractivity contribution in [3.05, 3.63) is 47.0 Å². The van der Waals surface area contributed by atoms with Gasteiger partial charge in [-0.1, -0.05) is 0 Å². The number of nitrogens with zero attached hydrogens (tertiary/aromatic N) is 5. The maximum Gasteiger partial charge on any atom is 0.253 e. The number of nitrogens with one attached hydrogen (secondary N) is 1. The van der Waals surface area contributed by atoms with Crippen LogP contribution >= 0.6 is 11.3 Å². The first kappa shape index (κ1) is 15.8. The van der Waals surface area contributed by atoms with Crippen LogP contribution in [0.2, 0.25) is 0 Å². The van der Waals surface area contributed by atoms with Gasteiger partial charge in [-0.15, -0.1) is 11.3 Å². The van der Waals surface area contributed by atoms with Crippen molar-refractivity contribution < 1.29 is 4.79 Å². The van der Waals surface area contributed by atoms with Crippen molar-refractivity contribution >= 4 is 33.2 Å². The Labute approximate surface area is 148 Å². The van der Waals surface area contributed by atoms with Crippen LogP contribution in [0.4, 0.5) is 0 Å². The van der Waals surface area contributed by atoms with Crippen LogP contribution < -0.4 is 5.32 Å². The van der Waals surface area contributed by atoms with Crippen LogP contribution in [0.3, 0.4) is 0 Å². The fourth-order valence-corrected chi connectivity index (χ4v) is 3.52. The van der Waals surface area contributed by atoms with E-state index in [9.17, 15) is 4.79 Å². The van der Waals surface area contributed by atoms with Gasteiger partial charge in [-0.05, 0) is 26.8 Å². The third kappa shape index (κ3) is 2.78. The molecule has 0 saturated carbocycles. The minimum Gasteiger partial charge on any atom is -0.346 e. The molecule has 0 saturated heterocycles. The molecule has 4 aromatic rings. The summed E-state index contributed by atoms with van der Waals surface area (Å²) in [5.41, 5.74) is 2.90. The van der Waals surface area contributed by atoms with E-state index in [1.54, 1.807) is 17.5 Å². The fourth-order valence-electron chi connectivity index (χ4n) is 2.80. The van der Waals surface area contributed by atoms with Crippen LogP contribution in [0.25, 0.3) is 16.0 Å². The van der Waals surface area contributed by atoms with Gasteiger partial charge in [0.05, 0.1) is 29.7 Å². The lowest BCUT2D eigenvalue weighted by Gasteiger charge is -2.09. The Morgan fingerprint density at radius 1 is 1.36 bits per heavy atom. The molecule has 0 spiro atoms. The summed E-state index contributed by atoms with van der Waals surface area (Å²) >= 11 is 1.57. The Kier molecular flexibility index (Phi) is 3.76. The number of rotatable bonds is 4. The minimum absolute atomic E-state index is 0.152. The summed E-state index contributed by atoms with van der Waals surface area (Å²) in [6.07, 6.45) is 5.63. The number of thiazole rings is 1. The van der Waals surface area contributed by atoms with E-state index < -0.39 is 0 Å². The summed E-state index contributed by atoms with van der Waals surface area (Å²) in [7, 11) is 0. The predicted molar refractivity (Wildman–Crippen MR) is 96.9 cm³/mol. The van der Waals surface area contributed by atoms with E-state index in [0.29, 0.717) is 17.8 Å². The second-order valence-electron chi connectivity index (χ2n) is 6.22. The van der Waals surface area contributed by atoms with E-state index in [0.717, 1.165) is 21.7 Å². The summed E-state index contributed by atoms with van der Waals surface area (Å²) in [4.78, 5) is 22.5. The van der Waals surface area contributed by atoms with Crippen molar-refractivity contribution in [2.24, 2.45) is 0 Å². The van der Waals surface area contributed by atoms with Crippen molar-refractivity contribution in [1.82, 2.24) is 29.5 Å². The molecule has 0 aliphatic heterocycles. The molecule has 8 heteroatoms. The number of pyridine rings is 1. The van der Waals surface area contributed by atoms with Gasteiger partial charge in [0.25, 0.3) is 5.91 Å². The summed E-state index contributed by atoms with van der Waals surface area (Å²) in [6, 6.07) is 2.07. The van der Waals surface area contributed by atoms with Crippen LogP contribution in [0.15, 0.2) is 30.0 Å². The molecule has 0 atom stereocenters. The summed E-state index contributed by atoms with van der Waals surface area (Å²) in [5.74, 6) is -0.152. The predicted octanol–water partition coefficient (Wildman–Crippen LogP) is 2.96. The number of amides is 1. The van der Waals surface area contributed by atoms with Crippen molar-refractivity contribution in [3.8, 4) is 0 Å². The second kappa shape index (κ2) is 5.96. The topological polar surface area (TPSA) is 77.1 Å². The highest BCUT2D eigenvalue weighted by atomic mass is 32.1. The molecule has 4 aromatic heterocycles. The van der Waals surface area contributed by atoms with E-state index in [2.05, 4.69) is 34.2 Å². The summed E-state index contributed by atoms with van der Waals surface area (Å²) in [6.45, 7) is 6.34. The first-order chi connectivity index (χ1) is 12.0. The molecule has 0 fully saturated rings.